The van der Waals surface area contributed by atoms with Gasteiger partial charge in [-0.3, -0.25) is 4.79 Å². The average Bonchev–Trinajstić information content (AvgIpc) is 3.28. The highest BCUT2D eigenvalue weighted by atomic mass is 35.5. The summed E-state index contributed by atoms with van der Waals surface area (Å²) in [5.74, 6) is -0.291. The summed E-state index contributed by atoms with van der Waals surface area (Å²) in [6.07, 6.45) is 1.30. The Morgan fingerprint density at radius 2 is 2.36 bits per heavy atom. The number of β-lactam (4-membered cyclic amide) rings is 1. The van der Waals surface area contributed by atoms with Crippen LogP contribution in [0, 0.1) is 5.82 Å². The van der Waals surface area contributed by atoms with Crippen molar-refractivity contribution >= 4 is 28.8 Å². The van der Waals surface area contributed by atoms with Gasteiger partial charge in [-0.2, -0.15) is 0 Å². The van der Waals surface area contributed by atoms with E-state index in [1.165, 1.54) is 29.5 Å². The van der Waals surface area contributed by atoms with Crippen LogP contribution in [0.15, 0.2) is 29.1 Å². The fourth-order valence-electron chi connectivity index (χ4n) is 3.23. The molecule has 0 radical (unpaired) electrons. The van der Waals surface area contributed by atoms with E-state index in [9.17, 15) is 9.18 Å². The Hall–Kier alpha value is -1.70. The van der Waals surface area contributed by atoms with Gasteiger partial charge in [-0.15, -0.1) is 11.3 Å². The molecule has 2 saturated heterocycles. The van der Waals surface area contributed by atoms with Crippen LogP contribution in [0.2, 0.25) is 5.02 Å². The number of amides is 1. The van der Waals surface area contributed by atoms with Gasteiger partial charge in [0, 0.05) is 18.5 Å². The quantitative estimate of drug-likeness (QED) is 0.743. The number of aromatic nitrogens is 1. The number of carbonyl (C=O) groups is 1. The highest BCUT2D eigenvalue weighted by Crippen LogP contribution is 2.39. The molecule has 5 nitrogen and oxygen atoms in total. The summed E-state index contributed by atoms with van der Waals surface area (Å²) in [7, 11) is 0. The lowest BCUT2D eigenvalue weighted by Gasteiger charge is -2.46. The number of halogens is 2. The van der Waals surface area contributed by atoms with Crippen LogP contribution >= 0.6 is 22.9 Å². The Morgan fingerprint density at radius 3 is 3.04 bits per heavy atom. The number of nitrogens with zero attached hydrogens (tertiary/aromatic N) is 2. The topological polar surface area (TPSA) is 51.7 Å². The van der Waals surface area contributed by atoms with Gasteiger partial charge < -0.3 is 14.4 Å². The first-order valence-electron chi connectivity index (χ1n) is 8.05. The van der Waals surface area contributed by atoms with E-state index in [4.69, 9.17) is 21.1 Å². The molecule has 0 aliphatic carbocycles. The lowest BCUT2D eigenvalue weighted by atomic mass is 9.94. The van der Waals surface area contributed by atoms with Gasteiger partial charge in [-0.1, -0.05) is 11.6 Å². The Kier molecular flexibility index (Phi) is 4.62. The molecule has 3 heterocycles. The molecule has 132 valence electrons. The molecule has 2 fully saturated rings. The maximum Gasteiger partial charge on any atom is 0.267 e. The van der Waals surface area contributed by atoms with E-state index in [-0.39, 0.29) is 23.1 Å². The van der Waals surface area contributed by atoms with Crippen LogP contribution in [0.4, 0.5) is 4.39 Å². The Bertz CT molecular complexity index is 767. The van der Waals surface area contributed by atoms with Crippen LogP contribution in [0.25, 0.3) is 0 Å². The Labute approximate surface area is 153 Å². The predicted octanol–water partition coefficient (Wildman–Crippen LogP) is 3.45. The number of thiazole rings is 1. The third kappa shape index (κ3) is 3.23. The van der Waals surface area contributed by atoms with E-state index in [2.05, 4.69) is 4.98 Å². The molecular formula is C17H16ClFN2O3S. The van der Waals surface area contributed by atoms with Crippen LogP contribution in [0.1, 0.15) is 24.6 Å². The second kappa shape index (κ2) is 6.90. The number of benzene rings is 1. The third-order valence-electron chi connectivity index (χ3n) is 4.48. The van der Waals surface area contributed by atoms with Crippen molar-refractivity contribution < 1.29 is 18.7 Å². The van der Waals surface area contributed by atoms with E-state index >= 15 is 0 Å². The Morgan fingerprint density at radius 1 is 1.48 bits per heavy atom. The van der Waals surface area contributed by atoms with Crippen LogP contribution in [0.5, 0.6) is 5.75 Å². The average molecular weight is 383 g/mol. The summed E-state index contributed by atoms with van der Waals surface area (Å²) in [4.78, 5) is 18.7. The molecule has 2 aliphatic rings. The fraction of sp³-hybridized carbons (Fsp3) is 0.412. The first-order chi connectivity index (χ1) is 12.1. The van der Waals surface area contributed by atoms with Gasteiger partial charge in [-0.05, 0) is 31.0 Å². The van der Waals surface area contributed by atoms with Crippen molar-refractivity contribution in [3.8, 4) is 5.75 Å². The second-order valence-corrected chi connectivity index (χ2v) is 7.22. The first-order valence-corrected chi connectivity index (χ1v) is 9.37. The summed E-state index contributed by atoms with van der Waals surface area (Å²) >= 11 is 7.49. The predicted molar refractivity (Wildman–Crippen MR) is 91.4 cm³/mol. The van der Waals surface area contributed by atoms with E-state index < -0.39 is 11.9 Å². The van der Waals surface area contributed by atoms with Crippen molar-refractivity contribution in [3.05, 3.63) is 45.6 Å². The van der Waals surface area contributed by atoms with Gasteiger partial charge in [0.1, 0.15) is 17.6 Å². The molecule has 0 spiro atoms. The number of rotatable bonds is 5. The Balaban J connectivity index is 1.55. The minimum Gasteiger partial charge on any atom is -0.476 e. The molecule has 1 aromatic carbocycles. The van der Waals surface area contributed by atoms with Crippen LogP contribution in [0.3, 0.4) is 0 Å². The molecule has 2 aliphatic heterocycles. The molecule has 4 rings (SSSR count). The summed E-state index contributed by atoms with van der Waals surface area (Å²) in [6, 6.07) is 3.57. The minimum atomic E-state index is -0.716. The number of carbonyl (C=O) groups excluding carboxylic acids is 1. The van der Waals surface area contributed by atoms with Crippen LogP contribution in [-0.2, 0) is 9.53 Å². The standard InChI is InChI=1S/C17H16ClFN2O3S/c18-12-6-10(19)3-4-14(12)24-16-15(13-8-25-9-20-13)21(17(16)22)7-11-2-1-5-23-11/h3-4,6,8-9,11,15-16H,1-2,5,7H2/t11-,15-,16-/m1/s1. The molecule has 0 saturated carbocycles. The van der Waals surface area contributed by atoms with Crippen LogP contribution < -0.4 is 4.74 Å². The maximum absolute atomic E-state index is 13.2. The van der Waals surface area contributed by atoms with Gasteiger partial charge in [0.05, 0.1) is 22.3 Å². The van der Waals surface area contributed by atoms with Gasteiger partial charge in [-0.25, -0.2) is 9.37 Å². The van der Waals surface area contributed by atoms with E-state index in [0.717, 1.165) is 25.1 Å². The summed E-state index contributed by atoms with van der Waals surface area (Å²) in [5, 5.41) is 2.05. The second-order valence-electron chi connectivity index (χ2n) is 6.10. The summed E-state index contributed by atoms with van der Waals surface area (Å²) in [5.41, 5.74) is 2.51. The molecule has 8 heteroatoms. The number of likely N-dealkylation sites (tertiary alicyclic amines) is 1. The van der Waals surface area contributed by atoms with E-state index in [0.29, 0.717) is 12.3 Å². The molecule has 0 bridgehead atoms. The lowest BCUT2D eigenvalue weighted by molar-refractivity contribution is -0.167. The smallest absolute Gasteiger partial charge is 0.267 e. The summed E-state index contributed by atoms with van der Waals surface area (Å²) < 4.78 is 24.7. The molecule has 1 aromatic heterocycles. The molecule has 25 heavy (non-hydrogen) atoms. The lowest BCUT2D eigenvalue weighted by Crippen LogP contribution is -2.62. The van der Waals surface area contributed by atoms with Gasteiger partial charge in [0.25, 0.3) is 5.91 Å². The maximum atomic E-state index is 13.2. The van der Waals surface area contributed by atoms with Crippen LogP contribution in [-0.4, -0.2) is 41.2 Å². The van der Waals surface area contributed by atoms with Crippen molar-refractivity contribution in [2.75, 3.05) is 13.2 Å². The SMILES string of the molecule is O=C1[C@H](Oc2ccc(F)cc2Cl)[C@@H](c2cscn2)N1C[C@H]1CCCO1. The number of hydrogen-bond acceptors (Lipinski definition) is 5. The molecule has 2 aromatic rings. The molecule has 0 unspecified atom stereocenters. The van der Waals surface area contributed by atoms with Gasteiger partial charge in [0.15, 0.2) is 0 Å². The number of ether oxygens (including phenoxy) is 2. The van der Waals surface area contributed by atoms with Crippen molar-refractivity contribution in [1.29, 1.82) is 0 Å². The van der Waals surface area contributed by atoms with Crippen molar-refractivity contribution in [2.45, 2.75) is 31.1 Å². The zero-order chi connectivity index (χ0) is 17.4. The highest BCUT2D eigenvalue weighted by Gasteiger charge is 2.52. The van der Waals surface area contributed by atoms with Gasteiger partial charge in [0.2, 0.25) is 6.10 Å². The number of hydrogen-bond donors (Lipinski definition) is 0. The zero-order valence-electron chi connectivity index (χ0n) is 13.2. The molecule has 1 amide bonds. The van der Waals surface area contributed by atoms with E-state index in [1.54, 1.807) is 10.4 Å². The minimum absolute atomic E-state index is 0.0560. The van der Waals surface area contributed by atoms with Crippen molar-refractivity contribution in [2.24, 2.45) is 0 Å². The third-order valence-corrected chi connectivity index (χ3v) is 5.38. The molecule has 3 atom stereocenters. The fourth-order valence-corrected chi connectivity index (χ4v) is 4.03. The van der Waals surface area contributed by atoms with Gasteiger partial charge >= 0.3 is 0 Å². The first kappa shape index (κ1) is 16.8. The van der Waals surface area contributed by atoms with Crippen molar-refractivity contribution in [1.82, 2.24) is 9.88 Å². The highest BCUT2D eigenvalue weighted by molar-refractivity contribution is 7.07. The normalized spacial score (nSPS) is 25.9. The van der Waals surface area contributed by atoms with E-state index in [1.807, 2.05) is 5.38 Å². The largest absolute Gasteiger partial charge is 0.476 e. The monoisotopic (exact) mass is 382 g/mol. The zero-order valence-corrected chi connectivity index (χ0v) is 14.8. The van der Waals surface area contributed by atoms with Crippen molar-refractivity contribution in [3.63, 3.8) is 0 Å². The summed E-state index contributed by atoms with van der Waals surface area (Å²) in [6.45, 7) is 1.26. The molecular weight excluding hydrogens is 367 g/mol. The molecule has 0 N–H and O–H groups in total.